The second-order valence-electron chi connectivity index (χ2n) is 5.61. The van der Waals surface area contributed by atoms with Crippen LogP contribution in [0.3, 0.4) is 0 Å². The molecule has 0 radical (unpaired) electrons. The summed E-state index contributed by atoms with van der Waals surface area (Å²) >= 11 is 6.14. The zero-order valence-corrected chi connectivity index (χ0v) is 13.2. The maximum absolute atomic E-state index is 6.14. The molecule has 0 spiro atoms. The number of hydrogen-bond acceptors (Lipinski definition) is 5. The van der Waals surface area contributed by atoms with E-state index >= 15 is 0 Å². The van der Waals surface area contributed by atoms with Gasteiger partial charge in [0.1, 0.15) is 17.4 Å². The van der Waals surface area contributed by atoms with Gasteiger partial charge in [0.05, 0.1) is 6.33 Å². The van der Waals surface area contributed by atoms with E-state index < -0.39 is 0 Å². The van der Waals surface area contributed by atoms with Crippen molar-refractivity contribution in [2.45, 2.75) is 25.5 Å². The lowest BCUT2D eigenvalue weighted by Gasteiger charge is -2.23. The molecule has 1 atom stereocenters. The first-order chi connectivity index (χ1) is 11.2. The molecule has 1 aromatic carbocycles. The Kier molecular flexibility index (Phi) is 3.63. The number of anilines is 1. The predicted molar refractivity (Wildman–Crippen MR) is 89.0 cm³/mol. The van der Waals surface area contributed by atoms with Gasteiger partial charge >= 0.3 is 0 Å². The molecule has 2 aromatic heterocycles. The molecule has 3 heterocycles. The number of halogens is 1. The van der Waals surface area contributed by atoms with Gasteiger partial charge in [0.25, 0.3) is 0 Å². The van der Waals surface area contributed by atoms with Crippen molar-refractivity contribution < 1.29 is 4.74 Å². The Bertz CT molecular complexity index is 840. The van der Waals surface area contributed by atoms with Gasteiger partial charge in [-0.2, -0.15) is 4.98 Å². The summed E-state index contributed by atoms with van der Waals surface area (Å²) in [6.07, 6.45) is 4.89. The van der Waals surface area contributed by atoms with Crippen LogP contribution in [0.1, 0.15) is 25.5 Å². The number of fused-ring (bicyclic) bond motifs is 1. The second-order valence-corrected chi connectivity index (χ2v) is 5.95. The zero-order chi connectivity index (χ0) is 15.8. The highest BCUT2D eigenvalue weighted by molar-refractivity contribution is 6.28. The molecule has 1 aliphatic heterocycles. The minimum atomic E-state index is -0.0426. The Labute approximate surface area is 138 Å². The number of hydrogen-bond donors (Lipinski definition) is 1. The molecule has 3 aromatic rings. The van der Waals surface area contributed by atoms with E-state index in [2.05, 4.69) is 15.0 Å². The fourth-order valence-electron chi connectivity index (χ4n) is 2.89. The normalized spacial score (nSPS) is 18.4. The van der Waals surface area contributed by atoms with Crippen molar-refractivity contribution in [2.75, 3.05) is 12.3 Å². The molecule has 1 saturated heterocycles. The lowest BCUT2D eigenvalue weighted by atomic mass is 10.1. The first-order valence-corrected chi connectivity index (χ1v) is 7.98. The van der Waals surface area contributed by atoms with Crippen LogP contribution in [0, 0.1) is 0 Å². The molecule has 7 heteroatoms. The summed E-state index contributed by atoms with van der Waals surface area (Å²) in [7, 11) is 0. The van der Waals surface area contributed by atoms with Crippen molar-refractivity contribution >= 4 is 28.5 Å². The topological polar surface area (TPSA) is 78.9 Å². The van der Waals surface area contributed by atoms with Crippen molar-refractivity contribution in [3.63, 3.8) is 0 Å². The molecular weight excluding hydrogens is 314 g/mol. The molecule has 1 unspecified atom stereocenters. The molecule has 2 N–H and O–H groups in total. The van der Waals surface area contributed by atoms with Gasteiger partial charge < -0.3 is 10.5 Å². The number of ether oxygens (including phenoxy) is 1. The van der Waals surface area contributed by atoms with Gasteiger partial charge in [-0.05, 0) is 43.0 Å². The van der Waals surface area contributed by atoms with E-state index in [-0.39, 0.29) is 11.5 Å². The van der Waals surface area contributed by atoms with Crippen molar-refractivity contribution in [3.8, 4) is 11.3 Å². The van der Waals surface area contributed by atoms with Gasteiger partial charge in [-0.15, -0.1) is 0 Å². The van der Waals surface area contributed by atoms with Crippen LogP contribution in [0.2, 0.25) is 5.28 Å². The SMILES string of the molecule is Nc1ccc(-c2nc(Cl)nc3c2ncn3C2CCCCO2)cc1. The van der Waals surface area contributed by atoms with Gasteiger partial charge in [0.15, 0.2) is 5.65 Å². The summed E-state index contributed by atoms with van der Waals surface area (Å²) in [5.74, 6) is 0. The second kappa shape index (κ2) is 5.79. The molecule has 118 valence electrons. The van der Waals surface area contributed by atoms with Gasteiger partial charge in [-0.1, -0.05) is 12.1 Å². The van der Waals surface area contributed by atoms with Crippen LogP contribution < -0.4 is 5.73 Å². The number of benzene rings is 1. The summed E-state index contributed by atoms with van der Waals surface area (Å²) in [5, 5.41) is 0.196. The maximum atomic E-state index is 6.14. The van der Waals surface area contributed by atoms with Crippen molar-refractivity contribution in [1.29, 1.82) is 0 Å². The first-order valence-electron chi connectivity index (χ1n) is 7.60. The Morgan fingerprint density at radius 2 is 2.00 bits per heavy atom. The largest absolute Gasteiger partial charge is 0.399 e. The average Bonchev–Trinajstić information content (AvgIpc) is 2.99. The number of imidazole rings is 1. The summed E-state index contributed by atoms with van der Waals surface area (Å²) in [6, 6.07) is 7.48. The lowest BCUT2D eigenvalue weighted by molar-refractivity contribution is -0.0298. The quantitative estimate of drug-likeness (QED) is 0.575. The fourth-order valence-corrected chi connectivity index (χ4v) is 3.05. The number of nitrogens with zero attached hydrogens (tertiary/aromatic N) is 4. The van der Waals surface area contributed by atoms with E-state index in [0.717, 1.165) is 31.4 Å². The van der Waals surface area contributed by atoms with Gasteiger partial charge in [-0.3, -0.25) is 4.57 Å². The smallest absolute Gasteiger partial charge is 0.225 e. The first kappa shape index (κ1) is 14.4. The standard InChI is InChI=1S/C16H16ClN5O/c17-16-20-13(10-4-6-11(18)7-5-10)14-15(21-16)22(9-19-14)12-3-1-2-8-23-12/h4-7,9,12H,1-3,8,18H2. The van der Waals surface area contributed by atoms with Crippen LogP contribution in [0.25, 0.3) is 22.4 Å². The summed E-state index contributed by atoms with van der Waals surface area (Å²) in [4.78, 5) is 13.2. The van der Waals surface area contributed by atoms with Crippen LogP contribution in [0.15, 0.2) is 30.6 Å². The van der Waals surface area contributed by atoms with E-state index in [4.69, 9.17) is 22.1 Å². The lowest BCUT2D eigenvalue weighted by Crippen LogP contribution is -2.17. The highest BCUT2D eigenvalue weighted by Gasteiger charge is 2.21. The minimum absolute atomic E-state index is 0.0426. The Hall–Kier alpha value is -2.18. The number of rotatable bonds is 2. The van der Waals surface area contributed by atoms with Crippen molar-refractivity contribution in [3.05, 3.63) is 35.9 Å². The Morgan fingerprint density at radius 1 is 1.17 bits per heavy atom. The molecule has 1 aliphatic rings. The van der Waals surface area contributed by atoms with Gasteiger partial charge in [-0.25, -0.2) is 9.97 Å². The molecule has 0 bridgehead atoms. The van der Waals surface area contributed by atoms with E-state index in [0.29, 0.717) is 22.5 Å². The Morgan fingerprint density at radius 3 is 2.74 bits per heavy atom. The minimum Gasteiger partial charge on any atom is -0.399 e. The fraction of sp³-hybridized carbons (Fsp3) is 0.312. The number of aromatic nitrogens is 4. The number of nitrogen functional groups attached to an aromatic ring is 1. The van der Waals surface area contributed by atoms with Crippen molar-refractivity contribution in [1.82, 2.24) is 19.5 Å². The predicted octanol–water partition coefficient (Wildman–Crippen LogP) is 3.43. The molecule has 0 saturated carbocycles. The monoisotopic (exact) mass is 329 g/mol. The molecular formula is C16H16ClN5O. The average molecular weight is 330 g/mol. The summed E-state index contributed by atoms with van der Waals surface area (Å²) in [5.41, 5.74) is 9.48. The molecule has 0 aliphatic carbocycles. The molecule has 1 fully saturated rings. The summed E-state index contributed by atoms with van der Waals surface area (Å²) < 4.78 is 7.78. The van der Waals surface area contributed by atoms with Crippen LogP contribution in [0.5, 0.6) is 0 Å². The van der Waals surface area contributed by atoms with Crippen molar-refractivity contribution in [2.24, 2.45) is 0 Å². The zero-order valence-electron chi connectivity index (χ0n) is 12.4. The summed E-state index contributed by atoms with van der Waals surface area (Å²) in [6.45, 7) is 0.758. The van der Waals surface area contributed by atoms with Gasteiger partial charge in [0.2, 0.25) is 5.28 Å². The van der Waals surface area contributed by atoms with E-state index in [1.165, 1.54) is 0 Å². The third-order valence-corrected chi connectivity index (χ3v) is 4.21. The maximum Gasteiger partial charge on any atom is 0.225 e. The van der Waals surface area contributed by atoms with Crippen LogP contribution in [-0.4, -0.2) is 26.1 Å². The van der Waals surface area contributed by atoms with E-state index in [1.54, 1.807) is 6.33 Å². The van der Waals surface area contributed by atoms with Gasteiger partial charge in [0, 0.05) is 17.9 Å². The van der Waals surface area contributed by atoms with Crippen LogP contribution in [-0.2, 0) is 4.74 Å². The third-order valence-electron chi connectivity index (χ3n) is 4.04. The third kappa shape index (κ3) is 2.64. The van der Waals surface area contributed by atoms with E-state index in [1.807, 2.05) is 28.8 Å². The number of nitrogens with two attached hydrogens (primary N) is 1. The highest BCUT2D eigenvalue weighted by atomic mass is 35.5. The molecule has 6 nitrogen and oxygen atoms in total. The molecule has 4 rings (SSSR count). The highest BCUT2D eigenvalue weighted by Crippen LogP contribution is 2.30. The van der Waals surface area contributed by atoms with E-state index in [9.17, 15) is 0 Å². The molecule has 23 heavy (non-hydrogen) atoms. The van der Waals surface area contributed by atoms with Crippen LogP contribution in [0.4, 0.5) is 5.69 Å². The Balaban J connectivity index is 1.86. The molecule has 0 amide bonds. The van der Waals surface area contributed by atoms with Crippen LogP contribution >= 0.6 is 11.6 Å².